The molecule has 0 unspecified atom stereocenters. The quantitative estimate of drug-likeness (QED) is 0.233. The number of nitrogens with one attached hydrogen (secondary N) is 2. The van der Waals surface area contributed by atoms with Gasteiger partial charge < -0.3 is 35.4 Å². The Balaban J connectivity index is 1.39. The number of carboxylic acids is 1. The van der Waals surface area contributed by atoms with Crippen LogP contribution in [0, 0.1) is 5.82 Å². The summed E-state index contributed by atoms with van der Waals surface area (Å²) >= 11 is 0. The predicted octanol–water partition coefficient (Wildman–Crippen LogP) is -0.652. The molecule has 5 amide bonds. The Morgan fingerprint density at radius 1 is 1.23 bits per heavy atom. The molecule has 2 fully saturated rings. The molecule has 16 heteroatoms. The first kappa shape index (κ1) is 26.9. The second-order valence-electron chi connectivity index (χ2n) is 9.58. The number of nitrogens with zero attached hydrogens (tertiary/aromatic N) is 3. The van der Waals surface area contributed by atoms with E-state index in [1.807, 2.05) is 0 Å². The van der Waals surface area contributed by atoms with Crippen molar-refractivity contribution in [3.8, 4) is 11.5 Å². The number of urea groups is 1. The van der Waals surface area contributed by atoms with Crippen molar-refractivity contribution < 1.29 is 48.3 Å². The summed E-state index contributed by atoms with van der Waals surface area (Å²) in [6.07, 6.45) is 2.01. The third-order valence-corrected chi connectivity index (χ3v) is 7.04. The van der Waals surface area contributed by atoms with Gasteiger partial charge in [-0.3, -0.25) is 24.3 Å². The van der Waals surface area contributed by atoms with Crippen molar-refractivity contribution in [2.24, 2.45) is 0 Å². The number of carbonyl (C=O) groups excluding carboxylic acids is 4. The highest BCUT2D eigenvalue weighted by molar-refractivity contribution is 6.47. The van der Waals surface area contributed by atoms with Gasteiger partial charge in [-0.25, -0.2) is 14.0 Å². The molecule has 0 radical (unpaired) electrons. The lowest BCUT2D eigenvalue weighted by atomic mass is 9.72. The van der Waals surface area contributed by atoms with Gasteiger partial charge in [-0.1, -0.05) is 12.1 Å². The molecule has 4 heterocycles. The molecule has 14 nitrogen and oxygen atoms in total. The number of hydrogen-bond acceptors (Lipinski definition) is 9. The molecule has 1 aromatic heterocycles. The number of imide groups is 1. The molecule has 3 aliphatic rings. The van der Waals surface area contributed by atoms with E-state index < -0.39 is 66.1 Å². The van der Waals surface area contributed by atoms with Gasteiger partial charge in [-0.15, -0.1) is 0 Å². The van der Waals surface area contributed by atoms with Crippen molar-refractivity contribution in [3.63, 3.8) is 0 Å². The molecule has 208 valence electrons. The van der Waals surface area contributed by atoms with E-state index >= 15 is 0 Å². The van der Waals surface area contributed by atoms with Gasteiger partial charge in [0.25, 0.3) is 0 Å². The second-order valence-corrected chi connectivity index (χ2v) is 9.58. The molecule has 40 heavy (non-hydrogen) atoms. The minimum Gasteiger partial charge on any atom is -0.534 e. The Bertz CT molecular complexity index is 1430. The molecular weight excluding hydrogens is 532 g/mol. The van der Waals surface area contributed by atoms with Crippen LogP contribution in [0.25, 0.3) is 0 Å². The second kappa shape index (κ2) is 10.4. The van der Waals surface area contributed by atoms with Crippen LogP contribution in [0.4, 0.5) is 9.18 Å². The zero-order chi connectivity index (χ0) is 28.7. The van der Waals surface area contributed by atoms with Crippen LogP contribution in [0.3, 0.4) is 0 Å². The number of hydrogen-bond donors (Lipinski definition) is 5. The number of benzene rings is 1. The van der Waals surface area contributed by atoms with Gasteiger partial charge in [0.15, 0.2) is 11.9 Å². The van der Waals surface area contributed by atoms with Crippen molar-refractivity contribution >= 4 is 36.8 Å². The normalized spacial score (nSPS) is 20.8. The van der Waals surface area contributed by atoms with Gasteiger partial charge in [0.2, 0.25) is 5.91 Å². The van der Waals surface area contributed by atoms with Crippen LogP contribution in [0.1, 0.15) is 40.5 Å². The third-order valence-electron chi connectivity index (χ3n) is 7.04. The molecule has 2 aromatic rings. The van der Waals surface area contributed by atoms with Crippen molar-refractivity contribution in [1.29, 1.82) is 0 Å². The summed E-state index contributed by atoms with van der Waals surface area (Å²) in [6, 6.07) is 1.57. The number of piperazine rings is 1. The largest absolute Gasteiger partial charge is 0.547 e. The smallest absolute Gasteiger partial charge is 0.534 e. The predicted molar refractivity (Wildman–Crippen MR) is 131 cm³/mol. The molecular formula is C24H23BFN5O9. The SMILES string of the molecule is O=C(O)c1cccc2c1OB(O)[C@@H](NC(=O)[C@@H](NC(=O)N1C[C@@H]3CCCN3C(=O)C1=O)c1ncc(O)cc1F)C2. The number of rotatable bonds is 5. The summed E-state index contributed by atoms with van der Waals surface area (Å²) in [5, 5.41) is 34.1. The van der Waals surface area contributed by atoms with Gasteiger partial charge >= 0.3 is 30.9 Å². The maximum absolute atomic E-state index is 14.8. The highest BCUT2D eigenvalue weighted by Crippen LogP contribution is 2.31. The zero-order valence-electron chi connectivity index (χ0n) is 20.7. The lowest BCUT2D eigenvalue weighted by Crippen LogP contribution is -2.62. The highest BCUT2D eigenvalue weighted by Gasteiger charge is 2.45. The topological polar surface area (TPSA) is 199 Å². The van der Waals surface area contributed by atoms with E-state index in [0.29, 0.717) is 35.9 Å². The Hall–Kier alpha value is -4.73. The average molecular weight is 555 g/mol. The molecule has 5 N–H and O–H groups in total. The average Bonchev–Trinajstić information content (AvgIpc) is 3.38. The fraction of sp³-hybridized carbons (Fsp3) is 0.333. The van der Waals surface area contributed by atoms with E-state index in [-0.39, 0.29) is 30.3 Å². The van der Waals surface area contributed by atoms with Crippen LogP contribution in [0.15, 0.2) is 30.5 Å². The number of halogens is 1. The Morgan fingerprint density at radius 3 is 2.73 bits per heavy atom. The van der Waals surface area contributed by atoms with Crippen LogP contribution >= 0.6 is 0 Å². The number of amides is 5. The van der Waals surface area contributed by atoms with E-state index in [2.05, 4.69) is 15.6 Å². The first-order chi connectivity index (χ1) is 19.0. The van der Waals surface area contributed by atoms with Gasteiger partial charge in [0.1, 0.15) is 17.2 Å². The Kier molecular flexibility index (Phi) is 7.02. The molecule has 0 aliphatic carbocycles. The highest BCUT2D eigenvalue weighted by atomic mass is 19.1. The number of para-hydroxylation sites is 1. The number of aromatic nitrogens is 1. The molecule has 0 saturated carbocycles. The van der Waals surface area contributed by atoms with Crippen molar-refractivity contribution in [2.45, 2.75) is 37.3 Å². The van der Waals surface area contributed by atoms with Crippen LogP contribution in [0.5, 0.6) is 11.5 Å². The summed E-state index contributed by atoms with van der Waals surface area (Å²) in [6.45, 7) is 0.273. The van der Waals surface area contributed by atoms with E-state index in [1.165, 1.54) is 17.0 Å². The summed E-state index contributed by atoms with van der Waals surface area (Å²) in [5.74, 6) is -7.24. The molecule has 0 bridgehead atoms. The van der Waals surface area contributed by atoms with Crippen molar-refractivity contribution in [2.75, 3.05) is 13.1 Å². The van der Waals surface area contributed by atoms with Gasteiger partial charge in [-0.2, -0.15) is 0 Å². The maximum Gasteiger partial charge on any atom is 0.547 e. The molecule has 3 atom stereocenters. The summed E-state index contributed by atoms with van der Waals surface area (Å²) in [5.41, 5.74) is -0.436. The van der Waals surface area contributed by atoms with Crippen LogP contribution < -0.4 is 15.3 Å². The fourth-order valence-electron chi connectivity index (χ4n) is 5.09. The number of pyridine rings is 1. The maximum atomic E-state index is 14.8. The molecule has 2 saturated heterocycles. The fourth-order valence-corrected chi connectivity index (χ4v) is 5.09. The molecule has 3 aliphatic heterocycles. The monoisotopic (exact) mass is 555 g/mol. The summed E-state index contributed by atoms with van der Waals surface area (Å²) in [7, 11) is -1.71. The zero-order valence-corrected chi connectivity index (χ0v) is 20.7. The van der Waals surface area contributed by atoms with Crippen molar-refractivity contribution in [1.82, 2.24) is 25.4 Å². The van der Waals surface area contributed by atoms with E-state index in [1.54, 1.807) is 6.07 Å². The molecule has 0 spiro atoms. The van der Waals surface area contributed by atoms with E-state index in [4.69, 9.17) is 4.65 Å². The number of fused-ring (bicyclic) bond motifs is 2. The Labute approximate surface area is 225 Å². The van der Waals surface area contributed by atoms with E-state index in [0.717, 1.165) is 6.20 Å². The number of carbonyl (C=O) groups is 5. The Morgan fingerprint density at radius 2 is 2.00 bits per heavy atom. The lowest BCUT2D eigenvalue weighted by molar-refractivity contribution is -0.155. The van der Waals surface area contributed by atoms with Crippen molar-refractivity contribution in [3.05, 3.63) is 53.1 Å². The standard InChI is InChI=1S/C24H23BFN5O9/c26-15-8-13(32)9-27-17(15)18(29-24(38)31-10-12-4-2-6-30(12)21(34)22(31)35)20(33)28-16-7-11-3-1-5-14(23(36)37)19(11)40-25(16)39/h1,3,5,8-9,12,16,18,32,39H,2,4,6-7,10H2,(H,28,33)(H,29,38)(H,36,37)/t12-,16-,18-/m0/s1. The number of carboxylic acid groups (broad SMARTS) is 1. The van der Waals surface area contributed by atoms with Crippen LogP contribution in [-0.2, 0) is 20.8 Å². The van der Waals surface area contributed by atoms with Gasteiger partial charge in [-0.05, 0) is 30.9 Å². The summed E-state index contributed by atoms with van der Waals surface area (Å²) in [4.78, 5) is 68.9. The first-order valence-corrected chi connectivity index (χ1v) is 12.3. The van der Waals surface area contributed by atoms with Crippen LogP contribution in [-0.4, -0.2) is 91.9 Å². The minimum atomic E-state index is -1.86. The summed E-state index contributed by atoms with van der Waals surface area (Å²) < 4.78 is 20.2. The van der Waals surface area contributed by atoms with Gasteiger partial charge in [0, 0.05) is 12.6 Å². The van der Waals surface area contributed by atoms with Crippen LogP contribution in [0.2, 0.25) is 0 Å². The lowest BCUT2D eigenvalue weighted by Gasteiger charge is -2.36. The molecule has 5 rings (SSSR count). The number of aromatic carboxylic acids is 1. The number of aromatic hydroxyl groups is 1. The third kappa shape index (κ3) is 4.88. The minimum absolute atomic E-state index is 0.0710. The van der Waals surface area contributed by atoms with Gasteiger partial charge in [0.05, 0.1) is 30.3 Å². The first-order valence-electron chi connectivity index (χ1n) is 12.3. The molecule has 1 aromatic carbocycles. The van der Waals surface area contributed by atoms with E-state index in [9.17, 15) is 43.6 Å².